The third-order valence-electron chi connectivity index (χ3n) is 8.10. The van der Waals surface area contributed by atoms with Crippen LogP contribution in [0.5, 0.6) is 0 Å². The van der Waals surface area contributed by atoms with Crippen molar-refractivity contribution in [2.24, 2.45) is 4.99 Å². The van der Waals surface area contributed by atoms with E-state index in [1.807, 2.05) is 35.2 Å². The summed E-state index contributed by atoms with van der Waals surface area (Å²) in [6, 6.07) is 21.8. The molecule has 0 saturated carbocycles. The molecule has 2 amide bonds. The summed E-state index contributed by atoms with van der Waals surface area (Å²) in [5.74, 6) is -1.40. The second kappa shape index (κ2) is 13.8. The summed E-state index contributed by atoms with van der Waals surface area (Å²) in [5.41, 5.74) is 4.24. The van der Waals surface area contributed by atoms with Gasteiger partial charge in [-0.15, -0.1) is 0 Å². The number of rotatable bonds is 11. The summed E-state index contributed by atoms with van der Waals surface area (Å²) < 4.78 is 10.9. The molecule has 224 valence electrons. The lowest BCUT2D eigenvalue weighted by Crippen LogP contribution is -2.32. The van der Waals surface area contributed by atoms with Gasteiger partial charge < -0.3 is 24.6 Å². The van der Waals surface area contributed by atoms with E-state index in [0.717, 1.165) is 37.2 Å². The SMILES string of the molecule is CCN(CC)CCOC1CCN(C(=O)c2ccc(N=C(c3ccccc3)C3C(=O)Nc4cc(C(=O)OC)ccc43)cc2)C1. The highest BCUT2D eigenvalue weighted by Crippen LogP contribution is 2.37. The van der Waals surface area contributed by atoms with Crippen LogP contribution < -0.4 is 5.32 Å². The van der Waals surface area contributed by atoms with Gasteiger partial charge in [-0.05, 0) is 67.0 Å². The van der Waals surface area contributed by atoms with E-state index >= 15 is 0 Å². The van der Waals surface area contributed by atoms with E-state index in [-0.39, 0.29) is 17.9 Å². The predicted molar refractivity (Wildman–Crippen MR) is 166 cm³/mol. The van der Waals surface area contributed by atoms with E-state index in [4.69, 9.17) is 14.5 Å². The highest BCUT2D eigenvalue weighted by atomic mass is 16.5. The maximum atomic E-state index is 13.3. The maximum Gasteiger partial charge on any atom is 0.337 e. The van der Waals surface area contributed by atoms with Gasteiger partial charge in [-0.2, -0.15) is 0 Å². The molecule has 0 spiro atoms. The number of likely N-dealkylation sites (N-methyl/N-ethyl adjacent to an activating group) is 1. The molecule has 9 heteroatoms. The van der Waals surface area contributed by atoms with Gasteiger partial charge in [0.1, 0.15) is 5.92 Å². The Bertz CT molecular complexity index is 1480. The molecular formula is C34H38N4O5. The summed E-state index contributed by atoms with van der Waals surface area (Å²) in [4.78, 5) is 47.6. The fraction of sp³-hybridized carbons (Fsp3) is 0.353. The first-order chi connectivity index (χ1) is 20.9. The lowest BCUT2D eigenvalue weighted by molar-refractivity contribution is -0.115. The molecule has 2 heterocycles. The Morgan fingerprint density at radius 2 is 1.70 bits per heavy atom. The molecule has 2 atom stereocenters. The Morgan fingerprint density at radius 3 is 2.40 bits per heavy atom. The number of fused-ring (bicyclic) bond motifs is 1. The molecule has 43 heavy (non-hydrogen) atoms. The number of likely N-dealkylation sites (tertiary alicyclic amines) is 1. The second-order valence-electron chi connectivity index (χ2n) is 10.7. The molecule has 1 fully saturated rings. The largest absolute Gasteiger partial charge is 0.465 e. The van der Waals surface area contributed by atoms with Crippen LogP contribution in [0.1, 0.15) is 58.0 Å². The summed E-state index contributed by atoms with van der Waals surface area (Å²) in [6.07, 6.45) is 0.889. The zero-order valence-electron chi connectivity index (χ0n) is 24.9. The first-order valence-electron chi connectivity index (χ1n) is 14.8. The third-order valence-corrected chi connectivity index (χ3v) is 8.10. The fourth-order valence-electron chi connectivity index (χ4n) is 5.62. The number of ether oxygens (including phenoxy) is 2. The maximum absolute atomic E-state index is 13.3. The minimum absolute atomic E-state index is 0.0286. The summed E-state index contributed by atoms with van der Waals surface area (Å²) >= 11 is 0. The molecule has 2 unspecified atom stereocenters. The number of carbonyl (C=O) groups excluding carboxylic acids is 3. The van der Waals surface area contributed by atoms with Crippen LogP contribution in [0.25, 0.3) is 0 Å². The minimum atomic E-state index is -0.673. The number of benzene rings is 3. The zero-order chi connectivity index (χ0) is 30.3. The smallest absolute Gasteiger partial charge is 0.337 e. The van der Waals surface area contributed by atoms with E-state index < -0.39 is 11.9 Å². The Kier molecular flexibility index (Phi) is 9.64. The average molecular weight is 583 g/mol. The first-order valence-corrected chi connectivity index (χ1v) is 14.8. The molecule has 0 aliphatic carbocycles. The Labute approximate surface area is 252 Å². The molecule has 3 aromatic carbocycles. The van der Waals surface area contributed by atoms with Gasteiger partial charge >= 0.3 is 5.97 Å². The molecular weight excluding hydrogens is 544 g/mol. The molecule has 0 bridgehead atoms. The highest BCUT2D eigenvalue weighted by molar-refractivity contribution is 6.24. The van der Waals surface area contributed by atoms with Crippen LogP contribution in [0, 0.1) is 0 Å². The number of nitrogens with one attached hydrogen (secondary N) is 1. The van der Waals surface area contributed by atoms with Crippen molar-refractivity contribution >= 4 is 34.9 Å². The van der Waals surface area contributed by atoms with Crippen molar-refractivity contribution in [3.8, 4) is 0 Å². The van der Waals surface area contributed by atoms with Crippen LogP contribution in [0.4, 0.5) is 11.4 Å². The average Bonchev–Trinajstić information content (AvgIpc) is 3.65. The van der Waals surface area contributed by atoms with E-state index in [1.54, 1.807) is 42.5 Å². The predicted octanol–water partition coefficient (Wildman–Crippen LogP) is 4.90. The fourth-order valence-corrected chi connectivity index (χ4v) is 5.62. The number of aliphatic imine (C=N–C) groups is 1. The Hall–Kier alpha value is -4.34. The van der Waals surface area contributed by atoms with Crippen molar-refractivity contribution in [1.29, 1.82) is 0 Å². The van der Waals surface area contributed by atoms with Gasteiger partial charge in [-0.1, -0.05) is 50.2 Å². The number of anilines is 1. The van der Waals surface area contributed by atoms with Gasteiger partial charge in [0.15, 0.2) is 0 Å². The molecule has 1 saturated heterocycles. The van der Waals surface area contributed by atoms with Crippen LogP contribution in [-0.2, 0) is 14.3 Å². The molecule has 1 N–H and O–H groups in total. The van der Waals surface area contributed by atoms with E-state index in [2.05, 4.69) is 24.1 Å². The van der Waals surface area contributed by atoms with E-state index in [0.29, 0.717) is 47.9 Å². The molecule has 2 aliphatic heterocycles. The van der Waals surface area contributed by atoms with Crippen molar-refractivity contribution in [2.75, 3.05) is 51.8 Å². The standard InChI is InChI=1S/C34H38N4O5/c1-4-37(5-2)19-20-43-27-17-18-38(22-27)33(40)24-11-14-26(15-12-24)35-31(23-9-7-6-8-10-23)30-28-16-13-25(34(41)42-3)21-29(28)36-32(30)39/h6-16,21,27,30H,4-5,17-20,22H2,1-3H3,(H,36,39). The van der Waals surface area contributed by atoms with Crippen molar-refractivity contribution in [3.05, 3.63) is 95.1 Å². The number of esters is 1. The van der Waals surface area contributed by atoms with Crippen LogP contribution in [0.15, 0.2) is 77.8 Å². The van der Waals surface area contributed by atoms with Crippen molar-refractivity contribution in [2.45, 2.75) is 32.3 Å². The van der Waals surface area contributed by atoms with Gasteiger partial charge in [0, 0.05) is 30.9 Å². The monoisotopic (exact) mass is 582 g/mol. The first kappa shape index (κ1) is 30.1. The zero-order valence-corrected chi connectivity index (χ0v) is 24.9. The van der Waals surface area contributed by atoms with Gasteiger partial charge in [0.25, 0.3) is 5.91 Å². The Morgan fingerprint density at radius 1 is 0.977 bits per heavy atom. The van der Waals surface area contributed by atoms with E-state index in [9.17, 15) is 14.4 Å². The summed E-state index contributed by atoms with van der Waals surface area (Å²) in [5, 5.41) is 2.90. The van der Waals surface area contributed by atoms with Gasteiger partial charge in [0.2, 0.25) is 5.91 Å². The van der Waals surface area contributed by atoms with Crippen molar-refractivity contribution < 1.29 is 23.9 Å². The number of carbonyl (C=O) groups is 3. The van der Waals surface area contributed by atoms with Crippen LogP contribution in [0.2, 0.25) is 0 Å². The van der Waals surface area contributed by atoms with Crippen molar-refractivity contribution in [1.82, 2.24) is 9.80 Å². The molecule has 0 aromatic heterocycles. The topological polar surface area (TPSA) is 101 Å². The number of methoxy groups -OCH3 is 1. The van der Waals surface area contributed by atoms with E-state index in [1.165, 1.54) is 7.11 Å². The van der Waals surface area contributed by atoms with Crippen LogP contribution in [0.3, 0.4) is 0 Å². The normalized spacial score (nSPS) is 18.1. The quantitative estimate of drug-likeness (QED) is 0.255. The molecule has 3 aromatic rings. The summed E-state index contributed by atoms with van der Waals surface area (Å²) in [6.45, 7) is 9.11. The molecule has 9 nitrogen and oxygen atoms in total. The van der Waals surface area contributed by atoms with Gasteiger partial charge in [-0.3, -0.25) is 14.6 Å². The number of nitrogens with zero attached hydrogens (tertiary/aromatic N) is 3. The highest BCUT2D eigenvalue weighted by Gasteiger charge is 2.36. The number of amides is 2. The number of hydrogen-bond acceptors (Lipinski definition) is 7. The molecule has 0 radical (unpaired) electrons. The lowest BCUT2D eigenvalue weighted by atomic mass is 9.90. The van der Waals surface area contributed by atoms with Gasteiger partial charge in [0.05, 0.1) is 36.8 Å². The third kappa shape index (κ3) is 6.84. The Balaban J connectivity index is 1.33. The van der Waals surface area contributed by atoms with Crippen LogP contribution in [-0.4, -0.2) is 85.8 Å². The minimum Gasteiger partial charge on any atom is -0.465 e. The molecule has 5 rings (SSSR count). The van der Waals surface area contributed by atoms with Gasteiger partial charge in [-0.25, -0.2) is 4.79 Å². The lowest BCUT2D eigenvalue weighted by Gasteiger charge is -2.20. The number of hydrogen-bond donors (Lipinski definition) is 1. The summed E-state index contributed by atoms with van der Waals surface area (Å²) in [7, 11) is 1.32. The molecule has 2 aliphatic rings. The van der Waals surface area contributed by atoms with Crippen molar-refractivity contribution in [3.63, 3.8) is 0 Å². The van der Waals surface area contributed by atoms with Crippen LogP contribution >= 0.6 is 0 Å². The second-order valence-corrected chi connectivity index (χ2v) is 10.7.